The van der Waals surface area contributed by atoms with E-state index in [-0.39, 0.29) is 0 Å². The first-order valence-electron chi connectivity index (χ1n) is 6.10. The lowest BCUT2D eigenvalue weighted by Crippen LogP contribution is -2.24. The fourth-order valence-electron chi connectivity index (χ4n) is 1.92. The van der Waals surface area contributed by atoms with Crippen LogP contribution in [0.3, 0.4) is 0 Å². The number of nitrogens with zero attached hydrogens (tertiary/aromatic N) is 3. The first-order valence-corrected chi connectivity index (χ1v) is 6.10. The third-order valence-corrected chi connectivity index (χ3v) is 2.81. The van der Waals surface area contributed by atoms with Gasteiger partial charge in [-0.1, -0.05) is 12.1 Å². The van der Waals surface area contributed by atoms with E-state index in [2.05, 4.69) is 22.6 Å². The predicted octanol–water partition coefficient (Wildman–Crippen LogP) is 0.957. The Labute approximate surface area is 96.2 Å². The van der Waals surface area contributed by atoms with Gasteiger partial charge in [0.25, 0.3) is 0 Å². The van der Waals surface area contributed by atoms with Crippen LogP contribution in [0.5, 0.6) is 0 Å². The molecule has 2 heterocycles. The molecule has 0 saturated carbocycles. The molecule has 0 aliphatic carbocycles. The second-order valence-corrected chi connectivity index (χ2v) is 4.20. The number of aromatic nitrogens is 3. The Morgan fingerprint density at radius 3 is 3.25 bits per heavy atom. The van der Waals surface area contributed by atoms with Gasteiger partial charge in [0.1, 0.15) is 0 Å². The molecule has 0 radical (unpaired) electrons. The Kier molecular flexibility index (Phi) is 4.30. The van der Waals surface area contributed by atoms with E-state index in [1.807, 2.05) is 10.9 Å². The van der Waals surface area contributed by atoms with Crippen molar-refractivity contribution in [1.82, 2.24) is 20.3 Å². The maximum Gasteiger partial charge on any atom is 0.0964 e. The van der Waals surface area contributed by atoms with Crippen molar-refractivity contribution in [2.45, 2.75) is 45.4 Å². The highest BCUT2D eigenvalue weighted by Crippen LogP contribution is 2.13. The summed E-state index contributed by atoms with van der Waals surface area (Å²) in [4.78, 5) is 0. The largest absolute Gasteiger partial charge is 0.376 e. The smallest absolute Gasteiger partial charge is 0.0964 e. The molecule has 1 aliphatic rings. The predicted molar refractivity (Wildman–Crippen MR) is 61.0 cm³/mol. The zero-order valence-electron chi connectivity index (χ0n) is 9.85. The molecule has 1 aromatic rings. The molecular weight excluding hydrogens is 204 g/mol. The van der Waals surface area contributed by atoms with Crippen molar-refractivity contribution in [3.8, 4) is 0 Å². The topological polar surface area (TPSA) is 52.0 Å². The summed E-state index contributed by atoms with van der Waals surface area (Å²) < 4.78 is 7.56. The van der Waals surface area contributed by atoms with Crippen molar-refractivity contribution in [1.29, 1.82) is 0 Å². The number of ether oxygens (including phenoxy) is 1. The van der Waals surface area contributed by atoms with E-state index in [1.54, 1.807) is 0 Å². The van der Waals surface area contributed by atoms with E-state index in [0.717, 1.165) is 38.4 Å². The molecule has 0 amide bonds. The van der Waals surface area contributed by atoms with Gasteiger partial charge in [-0.2, -0.15) is 0 Å². The summed E-state index contributed by atoms with van der Waals surface area (Å²) in [5.74, 6) is 0. The number of hydrogen-bond acceptors (Lipinski definition) is 4. The molecule has 0 bridgehead atoms. The van der Waals surface area contributed by atoms with E-state index in [4.69, 9.17) is 4.74 Å². The summed E-state index contributed by atoms with van der Waals surface area (Å²) >= 11 is 0. The first kappa shape index (κ1) is 11.5. The Balaban J connectivity index is 1.81. The average molecular weight is 224 g/mol. The molecule has 16 heavy (non-hydrogen) atoms. The van der Waals surface area contributed by atoms with Crippen molar-refractivity contribution >= 4 is 0 Å². The van der Waals surface area contributed by atoms with Gasteiger partial charge in [0.2, 0.25) is 0 Å². The summed E-state index contributed by atoms with van der Waals surface area (Å²) in [5, 5.41) is 11.5. The second-order valence-electron chi connectivity index (χ2n) is 4.20. The normalized spacial score (nSPS) is 21.2. The van der Waals surface area contributed by atoms with Crippen LogP contribution < -0.4 is 5.32 Å². The second kappa shape index (κ2) is 5.96. The van der Waals surface area contributed by atoms with Crippen molar-refractivity contribution in [2.24, 2.45) is 0 Å². The van der Waals surface area contributed by atoms with Crippen LogP contribution in [0.25, 0.3) is 0 Å². The van der Waals surface area contributed by atoms with E-state index >= 15 is 0 Å². The molecule has 1 aromatic heterocycles. The number of nitrogens with one attached hydrogen (secondary N) is 1. The van der Waals surface area contributed by atoms with Crippen LogP contribution in [0, 0.1) is 0 Å². The van der Waals surface area contributed by atoms with E-state index in [0.29, 0.717) is 6.10 Å². The van der Waals surface area contributed by atoms with Crippen LogP contribution in [0.1, 0.15) is 31.9 Å². The molecule has 1 unspecified atom stereocenters. The van der Waals surface area contributed by atoms with Crippen LogP contribution >= 0.6 is 0 Å². The Hall–Kier alpha value is -0.940. The minimum atomic E-state index is 0.322. The molecule has 1 N–H and O–H groups in total. The minimum absolute atomic E-state index is 0.322. The molecule has 5 heteroatoms. The van der Waals surface area contributed by atoms with Crippen LogP contribution in [-0.2, 0) is 17.8 Å². The summed E-state index contributed by atoms with van der Waals surface area (Å²) in [6.45, 7) is 5.56. The quantitative estimate of drug-likeness (QED) is 0.809. The summed E-state index contributed by atoms with van der Waals surface area (Å²) in [7, 11) is 0. The van der Waals surface area contributed by atoms with Crippen LogP contribution in [0.2, 0.25) is 0 Å². The van der Waals surface area contributed by atoms with E-state index in [9.17, 15) is 0 Å². The van der Waals surface area contributed by atoms with Crippen LogP contribution in [-0.4, -0.2) is 34.2 Å². The first-order chi connectivity index (χ1) is 7.88. The monoisotopic (exact) mass is 224 g/mol. The maximum absolute atomic E-state index is 5.67. The highest BCUT2D eigenvalue weighted by atomic mass is 16.5. The van der Waals surface area contributed by atoms with Crippen molar-refractivity contribution in [3.05, 3.63) is 11.9 Å². The summed E-state index contributed by atoms with van der Waals surface area (Å²) in [5.41, 5.74) is 0.998. The van der Waals surface area contributed by atoms with Crippen molar-refractivity contribution in [3.63, 3.8) is 0 Å². The van der Waals surface area contributed by atoms with Crippen molar-refractivity contribution < 1.29 is 4.74 Å². The molecule has 1 atom stereocenters. The lowest BCUT2D eigenvalue weighted by atomic mass is 10.1. The molecule has 1 aliphatic heterocycles. The third kappa shape index (κ3) is 3.28. The Morgan fingerprint density at radius 2 is 2.50 bits per heavy atom. The fourth-order valence-corrected chi connectivity index (χ4v) is 1.92. The van der Waals surface area contributed by atoms with Gasteiger partial charge in [-0.05, 0) is 25.8 Å². The van der Waals surface area contributed by atoms with Gasteiger partial charge >= 0.3 is 0 Å². The summed E-state index contributed by atoms with van der Waals surface area (Å²) in [6, 6.07) is 0. The van der Waals surface area contributed by atoms with Gasteiger partial charge in [0.05, 0.1) is 18.3 Å². The van der Waals surface area contributed by atoms with Gasteiger partial charge in [0, 0.05) is 19.3 Å². The van der Waals surface area contributed by atoms with Crippen LogP contribution in [0.15, 0.2) is 6.20 Å². The van der Waals surface area contributed by atoms with Gasteiger partial charge in [0.15, 0.2) is 0 Å². The Bertz CT molecular complexity index is 307. The highest BCUT2D eigenvalue weighted by molar-refractivity contribution is 4.91. The highest BCUT2D eigenvalue weighted by Gasteiger charge is 2.14. The van der Waals surface area contributed by atoms with Crippen LogP contribution in [0.4, 0.5) is 0 Å². The van der Waals surface area contributed by atoms with Gasteiger partial charge < -0.3 is 10.1 Å². The van der Waals surface area contributed by atoms with E-state index < -0.39 is 0 Å². The van der Waals surface area contributed by atoms with E-state index in [1.165, 1.54) is 12.8 Å². The third-order valence-electron chi connectivity index (χ3n) is 2.81. The number of rotatable bonds is 5. The molecule has 2 rings (SSSR count). The van der Waals surface area contributed by atoms with Gasteiger partial charge in [-0.25, -0.2) is 4.68 Å². The van der Waals surface area contributed by atoms with Crippen molar-refractivity contribution in [2.75, 3.05) is 13.2 Å². The zero-order valence-corrected chi connectivity index (χ0v) is 9.85. The standard InChI is InChI=1S/C11H20N4O/c1-2-12-7-10-8-15(14-13-10)9-11-5-3-4-6-16-11/h8,11-12H,2-7,9H2,1H3. The Morgan fingerprint density at radius 1 is 1.56 bits per heavy atom. The summed E-state index contributed by atoms with van der Waals surface area (Å²) in [6.07, 6.45) is 5.93. The SMILES string of the molecule is CCNCc1cn(CC2CCCCO2)nn1. The lowest BCUT2D eigenvalue weighted by Gasteiger charge is -2.21. The molecule has 5 nitrogen and oxygen atoms in total. The fraction of sp³-hybridized carbons (Fsp3) is 0.818. The molecular formula is C11H20N4O. The zero-order chi connectivity index (χ0) is 11.2. The molecule has 0 aromatic carbocycles. The average Bonchev–Trinajstić information content (AvgIpc) is 2.75. The lowest BCUT2D eigenvalue weighted by molar-refractivity contribution is 0.00370. The van der Waals surface area contributed by atoms with Gasteiger partial charge in [-0.15, -0.1) is 5.10 Å². The van der Waals surface area contributed by atoms with Gasteiger partial charge in [-0.3, -0.25) is 0 Å². The minimum Gasteiger partial charge on any atom is -0.376 e. The molecule has 90 valence electrons. The maximum atomic E-state index is 5.67. The number of hydrogen-bond donors (Lipinski definition) is 1. The molecule has 1 fully saturated rings. The molecule has 1 saturated heterocycles. The molecule has 0 spiro atoms.